The number of carbonyl (C=O) groups excluding carboxylic acids is 1. The average molecular weight is 329 g/mol. The van der Waals surface area contributed by atoms with Crippen LogP contribution >= 0.6 is 0 Å². The predicted octanol–water partition coefficient (Wildman–Crippen LogP) is 3.09. The second-order valence-corrected chi connectivity index (χ2v) is 5.79. The van der Waals surface area contributed by atoms with Crippen LogP contribution in [0.1, 0.15) is 35.3 Å². The van der Waals surface area contributed by atoms with Crippen molar-refractivity contribution >= 4 is 11.9 Å². The summed E-state index contributed by atoms with van der Waals surface area (Å²) in [7, 11) is 0. The van der Waals surface area contributed by atoms with Gasteiger partial charge in [0.2, 0.25) is 0 Å². The lowest BCUT2D eigenvalue weighted by atomic mass is 10.0. The second-order valence-electron chi connectivity index (χ2n) is 5.79. The molecule has 128 valence electrons. The van der Waals surface area contributed by atoms with Gasteiger partial charge >= 0.3 is 12.6 Å². The number of benzene rings is 1. The van der Waals surface area contributed by atoms with Crippen LogP contribution in [0.4, 0.5) is 8.78 Å². The first-order valence-electron chi connectivity index (χ1n) is 7.19. The number of nitrogens with zero attached hydrogens (tertiary/aromatic N) is 1. The number of amides is 1. The molecule has 0 unspecified atom stereocenters. The Hall–Kier alpha value is -2.18. The van der Waals surface area contributed by atoms with Gasteiger partial charge in [0, 0.05) is 12.1 Å². The van der Waals surface area contributed by atoms with Gasteiger partial charge in [0.1, 0.15) is 12.3 Å². The van der Waals surface area contributed by atoms with E-state index in [0.29, 0.717) is 17.7 Å². The van der Waals surface area contributed by atoms with Gasteiger partial charge in [0.15, 0.2) is 0 Å². The van der Waals surface area contributed by atoms with E-state index in [1.54, 1.807) is 13.8 Å². The quantitative estimate of drug-likeness (QED) is 0.835. The van der Waals surface area contributed by atoms with E-state index in [1.807, 2.05) is 13.8 Å². The van der Waals surface area contributed by atoms with E-state index in [2.05, 4.69) is 4.74 Å². The Bertz CT molecular complexity index is 564. The number of rotatable bonds is 7. The number of hydrogen-bond donors (Lipinski definition) is 1. The summed E-state index contributed by atoms with van der Waals surface area (Å²) in [5.74, 6) is -1.42. The number of aliphatic carboxylic acids is 1. The number of halogens is 2. The molecule has 1 N–H and O–H groups in total. The second kappa shape index (κ2) is 7.89. The lowest BCUT2D eigenvalue weighted by Gasteiger charge is -2.23. The van der Waals surface area contributed by atoms with Gasteiger partial charge in [-0.2, -0.15) is 8.78 Å². The molecule has 0 saturated carbocycles. The Labute approximate surface area is 133 Å². The van der Waals surface area contributed by atoms with Crippen LogP contribution in [0, 0.1) is 19.8 Å². The maximum atomic E-state index is 12.5. The Morgan fingerprint density at radius 3 is 2.13 bits per heavy atom. The highest BCUT2D eigenvalue weighted by atomic mass is 19.3. The van der Waals surface area contributed by atoms with Crippen LogP contribution in [0.2, 0.25) is 0 Å². The number of carboxylic acid groups (broad SMARTS) is 1. The van der Waals surface area contributed by atoms with Crippen molar-refractivity contribution in [1.82, 2.24) is 4.90 Å². The molecule has 1 rings (SSSR count). The average Bonchev–Trinajstić information content (AvgIpc) is 2.39. The van der Waals surface area contributed by atoms with Crippen LogP contribution in [-0.4, -0.2) is 41.6 Å². The molecule has 7 heteroatoms. The number of alkyl halides is 2. The van der Waals surface area contributed by atoms with E-state index < -0.39 is 25.0 Å². The third kappa shape index (κ3) is 5.50. The standard InChI is InChI=1S/C16H21F2NO4/c1-9(2)7-19(8-13(20)21)15(22)12-5-10(3)14(11(4)6-12)23-16(17)18/h5-6,9,16H,7-8H2,1-4H3,(H,20,21). The zero-order valence-corrected chi connectivity index (χ0v) is 13.6. The third-order valence-corrected chi connectivity index (χ3v) is 3.11. The molecule has 0 aliphatic carbocycles. The van der Waals surface area contributed by atoms with Gasteiger partial charge in [-0.15, -0.1) is 0 Å². The first-order valence-corrected chi connectivity index (χ1v) is 7.19. The zero-order chi connectivity index (χ0) is 17.7. The Morgan fingerprint density at radius 2 is 1.74 bits per heavy atom. The first-order chi connectivity index (χ1) is 10.6. The molecule has 0 spiro atoms. The summed E-state index contributed by atoms with van der Waals surface area (Å²) in [5.41, 5.74) is 1.05. The van der Waals surface area contributed by atoms with Crippen LogP contribution in [0.15, 0.2) is 12.1 Å². The minimum absolute atomic E-state index is 0.0326. The van der Waals surface area contributed by atoms with Gasteiger partial charge in [0.25, 0.3) is 5.91 Å². The first kappa shape index (κ1) is 18.9. The van der Waals surface area contributed by atoms with Crippen molar-refractivity contribution in [3.05, 3.63) is 28.8 Å². The smallest absolute Gasteiger partial charge is 0.387 e. The van der Waals surface area contributed by atoms with Crippen molar-refractivity contribution in [2.24, 2.45) is 5.92 Å². The maximum absolute atomic E-state index is 12.5. The van der Waals surface area contributed by atoms with E-state index in [-0.39, 0.29) is 17.2 Å². The fraction of sp³-hybridized carbons (Fsp3) is 0.500. The number of aryl methyl sites for hydroxylation is 2. The molecule has 1 aromatic rings. The molecular weight excluding hydrogens is 308 g/mol. The number of hydrogen-bond acceptors (Lipinski definition) is 3. The fourth-order valence-electron chi connectivity index (χ4n) is 2.35. The minimum Gasteiger partial charge on any atom is -0.480 e. The van der Waals surface area contributed by atoms with Gasteiger partial charge < -0.3 is 14.7 Å². The van der Waals surface area contributed by atoms with Crippen molar-refractivity contribution in [3.63, 3.8) is 0 Å². The Kier molecular flexibility index (Phi) is 6.48. The summed E-state index contributed by atoms with van der Waals surface area (Å²) in [4.78, 5) is 24.7. The number of carbonyl (C=O) groups is 2. The van der Waals surface area contributed by atoms with E-state index in [9.17, 15) is 18.4 Å². The van der Waals surface area contributed by atoms with Crippen molar-refractivity contribution < 1.29 is 28.2 Å². The van der Waals surface area contributed by atoms with Crippen molar-refractivity contribution in [2.45, 2.75) is 34.3 Å². The van der Waals surface area contributed by atoms with E-state index >= 15 is 0 Å². The normalized spacial score (nSPS) is 11.0. The molecule has 1 amide bonds. The predicted molar refractivity (Wildman–Crippen MR) is 80.9 cm³/mol. The molecule has 0 aliphatic rings. The van der Waals surface area contributed by atoms with E-state index in [0.717, 1.165) is 0 Å². The molecule has 0 bridgehead atoms. The molecule has 1 aromatic carbocycles. The summed E-state index contributed by atoms with van der Waals surface area (Å²) in [6.07, 6.45) is 0. The lowest BCUT2D eigenvalue weighted by molar-refractivity contribution is -0.137. The molecule has 0 radical (unpaired) electrons. The third-order valence-electron chi connectivity index (χ3n) is 3.11. The molecule has 0 saturated heterocycles. The molecule has 0 fully saturated rings. The van der Waals surface area contributed by atoms with Crippen LogP contribution in [-0.2, 0) is 4.79 Å². The molecule has 0 heterocycles. The van der Waals surface area contributed by atoms with Crippen LogP contribution < -0.4 is 4.74 Å². The SMILES string of the molecule is Cc1cc(C(=O)N(CC(=O)O)CC(C)C)cc(C)c1OC(F)F. The van der Waals surface area contributed by atoms with E-state index in [1.165, 1.54) is 17.0 Å². The number of ether oxygens (including phenoxy) is 1. The van der Waals surface area contributed by atoms with Crippen LogP contribution in [0.3, 0.4) is 0 Å². The van der Waals surface area contributed by atoms with Gasteiger partial charge in [-0.1, -0.05) is 13.8 Å². The zero-order valence-electron chi connectivity index (χ0n) is 13.6. The maximum Gasteiger partial charge on any atom is 0.387 e. The monoisotopic (exact) mass is 329 g/mol. The summed E-state index contributed by atoms with van der Waals surface area (Å²) < 4.78 is 29.2. The minimum atomic E-state index is -2.95. The molecule has 0 aliphatic heterocycles. The van der Waals surface area contributed by atoms with Crippen LogP contribution in [0.25, 0.3) is 0 Å². The van der Waals surface area contributed by atoms with Gasteiger partial charge in [-0.05, 0) is 43.0 Å². The van der Waals surface area contributed by atoms with Gasteiger partial charge in [-0.25, -0.2) is 0 Å². The molecule has 0 aromatic heterocycles. The van der Waals surface area contributed by atoms with E-state index in [4.69, 9.17) is 5.11 Å². The lowest BCUT2D eigenvalue weighted by Crippen LogP contribution is -2.38. The van der Waals surface area contributed by atoms with Crippen molar-refractivity contribution in [2.75, 3.05) is 13.1 Å². The van der Waals surface area contributed by atoms with Gasteiger partial charge in [-0.3, -0.25) is 9.59 Å². The molecule has 5 nitrogen and oxygen atoms in total. The summed E-state index contributed by atoms with van der Waals surface area (Å²) >= 11 is 0. The largest absolute Gasteiger partial charge is 0.480 e. The topological polar surface area (TPSA) is 66.8 Å². The Morgan fingerprint density at radius 1 is 1.22 bits per heavy atom. The summed E-state index contributed by atoms with van der Waals surface area (Å²) in [6, 6.07) is 2.87. The summed E-state index contributed by atoms with van der Waals surface area (Å²) in [5, 5.41) is 8.95. The number of carboxylic acids is 1. The Balaban J connectivity index is 3.12. The van der Waals surface area contributed by atoms with Crippen LogP contribution in [0.5, 0.6) is 5.75 Å². The highest BCUT2D eigenvalue weighted by Gasteiger charge is 2.21. The molecule has 0 atom stereocenters. The highest BCUT2D eigenvalue weighted by Crippen LogP contribution is 2.27. The fourth-order valence-corrected chi connectivity index (χ4v) is 2.35. The highest BCUT2D eigenvalue weighted by molar-refractivity contribution is 5.96. The van der Waals surface area contributed by atoms with Crippen molar-refractivity contribution in [3.8, 4) is 5.75 Å². The summed E-state index contributed by atoms with van der Waals surface area (Å²) in [6.45, 7) is 3.80. The molecular formula is C16H21F2NO4. The van der Waals surface area contributed by atoms with Crippen molar-refractivity contribution in [1.29, 1.82) is 0 Å². The van der Waals surface area contributed by atoms with Gasteiger partial charge in [0.05, 0.1) is 0 Å². The molecule has 23 heavy (non-hydrogen) atoms.